The molecule has 34 heavy (non-hydrogen) atoms. The summed E-state index contributed by atoms with van der Waals surface area (Å²) in [6.45, 7) is 7.38. The van der Waals surface area contributed by atoms with Crippen LogP contribution in [0.5, 0.6) is 5.75 Å². The normalized spacial score (nSPS) is 16.1. The number of hydrogen-bond acceptors (Lipinski definition) is 5. The Labute approximate surface area is 203 Å². The molecule has 3 aromatic rings. The van der Waals surface area contributed by atoms with E-state index in [2.05, 4.69) is 0 Å². The van der Waals surface area contributed by atoms with Crippen molar-refractivity contribution in [2.75, 3.05) is 26.2 Å². The number of rotatable bonds is 4. The number of fused-ring (bicyclic) bond motifs is 1. The Balaban J connectivity index is 1.58. The molecule has 4 rings (SSSR count). The number of aromatic nitrogens is 1. The van der Waals surface area contributed by atoms with Gasteiger partial charge in [0.25, 0.3) is 5.91 Å². The number of carbonyl (C=O) groups excluding carboxylic acids is 2. The highest BCUT2D eigenvalue weighted by atomic mass is 35.5. The van der Waals surface area contributed by atoms with E-state index < -0.39 is 0 Å². The van der Waals surface area contributed by atoms with Crippen LogP contribution < -0.4 is 0 Å². The lowest BCUT2D eigenvalue weighted by atomic mass is 10.0. The van der Waals surface area contributed by atoms with E-state index in [0.29, 0.717) is 48.0 Å². The third kappa shape index (κ3) is 4.80. The molecule has 0 spiro atoms. The number of benzene rings is 2. The van der Waals surface area contributed by atoms with Gasteiger partial charge in [0.15, 0.2) is 0 Å². The first-order chi connectivity index (χ1) is 16.3. The number of piperazine rings is 1. The first kappa shape index (κ1) is 23.8. The van der Waals surface area contributed by atoms with Crippen molar-refractivity contribution in [3.05, 3.63) is 58.6 Å². The Morgan fingerprint density at radius 1 is 1.18 bits per heavy atom. The highest BCUT2D eigenvalue weighted by Gasteiger charge is 2.31. The van der Waals surface area contributed by atoms with Gasteiger partial charge in [-0.1, -0.05) is 24.6 Å². The highest BCUT2D eigenvalue weighted by Crippen LogP contribution is 2.31. The molecule has 2 aromatic carbocycles. The van der Waals surface area contributed by atoms with Crippen LogP contribution in [0.3, 0.4) is 0 Å². The Bertz CT molecular complexity index is 1250. The van der Waals surface area contributed by atoms with Crippen molar-refractivity contribution in [2.45, 2.75) is 33.2 Å². The van der Waals surface area contributed by atoms with E-state index in [1.165, 1.54) is 0 Å². The molecule has 0 saturated carbocycles. The standard InChI is InChI=1S/C26H28ClN3O4/c1-4-11-34-26(33)29-9-10-30(17(3)15-29)25(32)19-5-7-20-21(27)14-22(28-23(20)13-19)18-6-8-24(31)16(2)12-18/h5-8,12-14,17,31H,4,9-11,15H2,1-3H3. The first-order valence-electron chi connectivity index (χ1n) is 11.4. The largest absolute Gasteiger partial charge is 0.508 e. The van der Waals surface area contributed by atoms with Gasteiger partial charge in [0.1, 0.15) is 5.75 Å². The molecule has 1 aliphatic rings. The van der Waals surface area contributed by atoms with Crippen LogP contribution in [0.15, 0.2) is 42.5 Å². The number of amides is 2. The van der Waals surface area contributed by atoms with Gasteiger partial charge in [0, 0.05) is 42.2 Å². The van der Waals surface area contributed by atoms with E-state index in [1.54, 1.807) is 40.1 Å². The molecule has 1 aromatic heterocycles. The topological polar surface area (TPSA) is 83.0 Å². The maximum absolute atomic E-state index is 13.3. The van der Waals surface area contributed by atoms with Crippen LogP contribution in [0, 0.1) is 6.92 Å². The zero-order valence-corrected chi connectivity index (χ0v) is 20.3. The average molecular weight is 482 g/mol. The number of aromatic hydroxyl groups is 1. The maximum atomic E-state index is 13.3. The second-order valence-corrected chi connectivity index (χ2v) is 9.04. The van der Waals surface area contributed by atoms with Crippen LogP contribution in [0.2, 0.25) is 5.02 Å². The molecule has 2 heterocycles. The Kier molecular flexibility index (Phi) is 6.93. The summed E-state index contributed by atoms with van der Waals surface area (Å²) in [6, 6.07) is 12.2. The number of hydrogen-bond donors (Lipinski definition) is 1. The van der Waals surface area contributed by atoms with Gasteiger partial charge in [0.05, 0.1) is 22.8 Å². The lowest BCUT2D eigenvalue weighted by Crippen LogP contribution is -2.55. The molecular formula is C26H28ClN3O4. The first-order valence-corrected chi connectivity index (χ1v) is 11.8. The second kappa shape index (κ2) is 9.89. The number of halogens is 1. The maximum Gasteiger partial charge on any atom is 0.409 e. The summed E-state index contributed by atoms with van der Waals surface area (Å²) in [5, 5.41) is 11.1. The molecule has 1 unspecified atom stereocenters. The summed E-state index contributed by atoms with van der Waals surface area (Å²) in [4.78, 5) is 33.7. The quantitative estimate of drug-likeness (QED) is 0.549. The summed E-state index contributed by atoms with van der Waals surface area (Å²) in [7, 11) is 0. The molecule has 1 atom stereocenters. The number of nitrogens with zero attached hydrogens (tertiary/aromatic N) is 3. The zero-order valence-electron chi connectivity index (χ0n) is 19.5. The van der Waals surface area contributed by atoms with Gasteiger partial charge in [-0.2, -0.15) is 0 Å². The van der Waals surface area contributed by atoms with Crippen LogP contribution in [0.4, 0.5) is 4.79 Å². The number of carbonyl (C=O) groups is 2. The van der Waals surface area contributed by atoms with Crippen molar-refractivity contribution in [1.82, 2.24) is 14.8 Å². The van der Waals surface area contributed by atoms with Gasteiger partial charge < -0.3 is 19.6 Å². The molecule has 0 aliphatic carbocycles. The second-order valence-electron chi connectivity index (χ2n) is 8.63. The van der Waals surface area contributed by atoms with E-state index >= 15 is 0 Å². The van der Waals surface area contributed by atoms with Gasteiger partial charge in [-0.3, -0.25) is 4.79 Å². The van der Waals surface area contributed by atoms with E-state index in [-0.39, 0.29) is 23.8 Å². The van der Waals surface area contributed by atoms with E-state index in [4.69, 9.17) is 21.3 Å². The minimum atomic E-state index is -0.331. The molecule has 7 nitrogen and oxygen atoms in total. The number of phenols is 1. The van der Waals surface area contributed by atoms with Gasteiger partial charge in [-0.25, -0.2) is 9.78 Å². The fourth-order valence-corrected chi connectivity index (χ4v) is 4.42. The molecular weight excluding hydrogens is 454 g/mol. The van der Waals surface area contributed by atoms with Gasteiger partial charge in [-0.15, -0.1) is 0 Å². The Morgan fingerprint density at radius 3 is 2.68 bits per heavy atom. The average Bonchev–Trinajstić information content (AvgIpc) is 2.83. The minimum Gasteiger partial charge on any atom is -0.508 e. The van der Waals surface area contributed by atoms with Crippen molar-refractivity contribution in [1.29, 1.82) is 0 Å². The number of aryl methyl sites for hydroxylation is 1. The van der Waals surface area contributed by atoms with Gasteiger partial charge in [-0.05, 0) is 62.2 Å². The fourth-order valence-electron chi connectivity index (χ4n) is 4.15. The molecule has 1 N–H and O–H groups in total. The Hall–Kier alpha value is -3.32. The smallest absolute Gasteiger partial charge is 0.409 e. The number of pyridine rings is 1. The molecule has 1 aliphatic heterocycles. The minimum absolute atomic E-state index is 0.111. The van der Waals surface area contributed by atoms with Crippen LogP contribution in [-0.2, 0) is 4.74 Å². The Morgan fingerprint density at radius 2 is 1.97 bits per heavy atom. The lowest BCUT2D eigenvalue weighted by Gasteiger charge is -2.39. The fraction of sp³-hybridized carbons (Fsp3) is 0.346. The summed E-state index contributed by atoms with van der Waals surface area (Å²) < 4.78 is 5.23. The van der Waals surface area contributed by atoms with Crippen molar-refractivity contribution < 1.29 is 19.4 Å². The van der Waals surface area contributed by atoms with Crippen LogP contribution in [0.25, 0.3) is 22.2 Å². The molecule has 0 bridgehead atoms. The van der Waals surface area contributed by atoms with E-state index in [1.807, 2.05) is 32.9 Å². The number of phenolic OH excluding ortho intramolecular Hbond substituents is 1. The highest BCUT2D eigenvalue weighted by molar-refractivity contribution is 6.35. The lowest BCUT2D eigenvalue weighted by molar-refractivity contribution is 0.0414. The zero-order chi connectivity index (χ0) is 24.4. The van der Waals surface area contributed by atoms with Gasteiger partial charge >= 0.3 is 6.09 Å². The molecule has 178 valence electrons. The third-order valence-corrected chi connectivity index (χ3v) is 6.39. The summed E-state index contributed by atoms with van der Waals surface area (Å²) >= 11 is 6.53. The van der Waals surface area contributed by atoms with E-state index in [9.17, 15) is 14.7 Å². The summed E-state index contributed by atoms with van der Waals surface area (Å²) in [5.74, 6) is 0.108. The SMILES string of the molecule is CCCOC(=O)N1CCN(C(=O)c2ccc3c(Cl)cc(-c4ccc(O)c(C)c4)nc3c2)C(C)C1. The van der Waals surface area contributed by atoms with Crippen molar-refractivity contribution in [3.8, 4) is 17.0 Å². The summed E-state index contributed by atoms with van der Waals surface area (Å²) in [5.41, 5.74) is 3.37. The van der Waals surface area contributed by atoms with Crippen molar-refractivity contribution in [2.24, 2.45) is 0 Å². The monoisotopic (exact) mass is 481 g/mol. The predicted molar refractivity (Wildman–Crippen MR) is 132 cm³/mol. The summed E-state index contributed by atoms with van der Waals surface area (Å²) in [6.07, 6.45) is 0.440. The van der Waals surface area contributed by atoms with Crippen molar-refractivity contribution >= 4 is 34.5 Å². The van der Waals surface area contributed by atoms with Crippen molar-refractivity contribution in [3.63, 3.8) is 0 Å². The number of ether oxygens (including phenoxy) is 1. The van der Waals surface area contributed by atoms with Gasteiger partial charge in [0.2, 0.25) is 0 Å². The van der Waals surface area contributed by atoms with Crippen LogP contribution in [0.1, 0.15) is 36.2 Å². The third-order valence-electron chi connectivity index (χ3n) is 6.08. The molecule has 1 saturated heterocycles. The molecule has 0 radical (unpaired) electrons. The van der Waals surface area contributed by atoms with Crippen LogP contribution in [-0.4, -0.2) is 64.2 Å². The molecule has 8 heteroatoms. The molecule has 1 fully saturated rings. The van der Waals surface area contributed by atoms with E-state index in [0.717, 1.165) is 22.9 Å². The predicted octanol–water partition coefficient (Wildman–Crippen LogP) is 5.26. The molecule has 2 amide bonds. The van der Waals surface area contributed by atoms with Crippen LogP contribution >= 0.6 is 11.6 Å².